The summed E-state index contributed by atoms with van der Waals surface area (Å²) in [5, 5.41) is 0. The van der Waals surface area contributed by atoms with Gasteiger partial charge in [0.2, 0.25) is 11.8 Å². The highest BCUT2D eigenvalue weighted by molar-refractivity contribution is 6.13. The highest BCUT2D eigenvalue weighted by Crippen LogP contribution is 2.22. The van der Waals surface area contributed by atoms with Crippen molar-refractivity contribution >= 4 is 17.5 Å². The predicted octanol–water partition coefficient (Wildman–Crippen LogP) is 1.18. The number of hydrogen-bond acceptors (Lipinski definition) is 3. The summed E-state index contributed by atoms with van der Waals surface area (Å²) in [6.45, 7) is 2.62. The fraction of sp³-hybridized carbons (Fsp3) is 0.273. The molecule has 1 aromatic rings. The lowest BCUT2D eigenvalue weighted by Gasteiger charge is -2.20. The number of amides is 2. The molecule has 0 saturated heterocycles. The van der Waals surface area contributed by atoms with Gasteiger partial charge in [-0.15, -0.1) is 0 Å². The van der Waals surface area contributed by atoms with E-state index < -0.39 is 17.6 Å². The molecule has 0 aromatic heterocycles. The number of carbonyl (C=O) groups excluding carboxylic acids is 2. The average molecular weight is 224 g/mol. The molecule has 0 spiro atoms. The van der Waals surface area contributed by atoms with Gasteiger partial charge in [-0.3, -0.25) is 14.5 Å². The molecule has 0 aliphatic carbocycles. The Labute approximate surface area is 92.8 Å². The zero-order valence-corrected chi connectivity index (χ0v) is 9.16. The molecule has 86 valence electrons. The van der Waals surface area contributed by atoms with Crippen LogP contribution >= 0.6 is 0 Å². The molecule has 16 heavy (non-hydrogen) atoms. The molecule has 5 heteroatoms. The van der Waals surface area contributed by atoms with E-state index >= 15 is 0 Å². The van der Waals surface area contributed by atoms with Crippen molar-refractivity contribution in [3.63, 3.8) is 0 Å². The lowest BCUT2D eigenvalue weighted by Crippen LogP contribution is -2.34. The van der Waals surface area contributed by atoms with E-state index in [0.717, 1.165) is 11.0 Å². The average Bonchev–Trinajstić information content (AvgIpc) is 2.17. The van der Waals surface area contributed by atoms with Crippen molar-refractivity contribution in [1.29, 1.82) is 0 Å². The van der Waals surface area contributed by atoms with Crippen LogP contribution in [0.3, 0.4) is 0 Å². The number of rotatable bonds is 2. The first-order valence-electron chi connectivity index (χ1n) is 4.77. The molecule has 0 heterocycles. The molecule has 0 saturated carbocycles. The number of benzene rings is 1. The highest BCUT2D eigenvalue weighted by Gasteiger charge is 2.19. The van der Waals surface area contributed by atoms with Crippen molar-refractivity contribution in [1.82, 2.24) is 0 Å². The lowest BCUT2D eigenvalue weighted by atomic mass is 10.1. The molecular weight excluding hydrogens is 211 g/mol. The van der Waals surface area contributed by atoms with Crippen LogP contribution < -0.4 is 10.6 Å². The van der Waals surface area contributed by atoms with Gasteiger partial charge < -0.3 is 5.73 Å². The summed E-state index contributed by atoms with van der Waals surface area (Å²) in [4.78, 5) is 23.5. The number of halogens is 1. The number of nitrogens with zero attached hydrogens (tertiary/aromatic N) is 1. The van der Waals surface area contributed by atoms with Crippen molar-refractivity contribution < 1.29 is 14.0 Å². The summed E-state index contributed by atoms with van der Waals surface area (Å²) in [6, 6.07) is 3.83. The normalized spacial score (nSPS) is 10.0. The SMILES string of the molecule is CC(=O)N(C(C)=O)c1cc(F)ccc1CN. The molecule has 0 aliphatic heterocycles. The van der Waals surface area contributed by atoms with Crippen LogP contribution in [0.25, 0.3) is 0 Å². The predicted molar refractivity (Wildman–Crippen MR) is 58.1 cm³/mol. The Morgan fingerprint density at radius 1 is 1.31 bits per heavy atom. The second-order valence-corrected chi connectivity index (χ2v) is 3.35. The summed E-state index contributed by atoms with van der Waals surface area (Å²) >= 11 is 0. The van der Waals surface area contributed by atoms with Crippen molar-refractivity contribution in [2.75, 3.05) is 4.90 Å². The second kappa shape index (κ2) is 4.85. The second-order valence-electron chi connectivity index (χ2n) is 3.35. The minimum absolute atomic E-state index is 0.132. The molecular formula is C11H13FN2O2. The first-order valence-corrected chi connectivity index (χ1v) is 4.77. The van der Waals surface area contributed by atoms with Gasteiger partial charge in [0, 0.05) is 20.4 Å². The van der Waals surface area contributed by atoms with E-state index in [1.807, 2.05) is 0 Å². The van der Waals surface area contributed by atoms with Crippen LogP contribution in [0.4, 0.5) is 10.1 Å². The Kier molecular flexibility index (Phi) is 3.73. The fourth-order valence-electron chi connectivity index (χ4n) is 1.48. The van der Waals surface area contributed by atoms with Crippen LogP contribution in [0.1, 0.15) is 19.4 Å². The molecule has 0 fully saturated rings. The number of imide groups is 1. The summed E-state index contributed by atoms with van der Waals surface area (Å²) in [6.07, 6.45) is 0. The Morgan fingerprint density at radius 3 is 2.31 bits per heavy atom. The Balaban J connectivity index is 3.32. The molecule has 0 radical (unpaired) electrons. The molecule has 1 aromatic carbocycles. The van der Waals surface area contributed by atoms with Gasteiger partial charge in [-0.1, -0.05) is 6.07 Å². The fourth-order valence-corrected chi connectivity index (χ4v) is 1.48. The lowest BCUT2D eigenvalue weighted by molar-refractivity contribution is -0.124. The Morgan fingerprint density at radius 2 is 1.88 bits per heavy atom. The van der Waals surface area contributed by atoms with Crippen molar-refractivity contribution in [3.8, 4) is 0 Å². The van der Waals surface area contributed by atoms with Crippen LogP contribution in [0.15, 0.2) is 18.2 Å². The van der Waals surface area contributed by atoms with E-state index in [-0.39, 0.29) is 12.2 Å². The highest BCUT2D eigenvalue weighted by atomic mass is 19.1. The van der Waals surface area contributed by atoms with Gasteiger partial charge in [0.15, 0.2) is 0 Å². The third-order valence-corrected chi connectivity index (χ3v) is 2.14. The largest absolute Gasteiger partial charge is 0.326 e. The first kappa shape index (κ1) is 12.3. The molecule has 4 nitrogen and oxygen atoms in total. The van der Waals surface area contributed by atoms with E-state index in [9.17, 15) is 14.0 Å². The standard InChI is InChI=1S/C11H13FN2O2/c1-7(15)14(8(2)16)11-5-10(12)4-3-9(11)6-13/h3-5H,6,13H2,1-2H3. The maximum Gasteiger partial charge on any atom is 0.230 e. The third kappa shape index (κ3) is 2.43. The smallest absolute Gasteiger partial charge is 0.230 e. The zero-order chi connectivity index (χ0) is 12.3. The number of anilines is 1. The van der Waals surface area contributed by atoms with Crippen LogP contribution in [-0.4, -0.2) is 11.8 Å². The van der Waals surface area contributed by atoms with Gasteiger partial charge in [0.25, 0.3) is 0 Å². The molecule has 0 bridgehead atoms. The Bertz CT molecular complexity index is 418. The van der Waals surface area contributed by atoms with Gasteiger partial charge in [-0.25, -0.2) is 4.39 Å². The molecule has 0 unspecified atom stereocenters. The van der Waals surface area contributed by atoms with Crippen LogP contribution in [-0.2, 0) is 16.1 Å². The summed E-state index contributed by atoms with van der Waals surface area (Å²) in [7, 11) is 0. The number of carbonyl (C=O) groups is 2. The van der Waals surface area contributed by atoms with E-state index in [2.05, 4.69) is 0 Å². The van der Waals surface area contributed by atoms with E-state index in [0.29, 0.717) is 5.56 Å². The van der Waals surface area contributed by atoms with Gasteiger partial charge >= 0.3 is 0 Å². The van der Waals surface area contributed by atoms with Gasteiger partial charge in [-0.05, 0) is 17.7 Å². The zero-order valence-electron chi connectivity index (χ0n) is 9.16. The quantitative estimate of drug-likeness (QED) is 0.820. The monoisotopic (exact) mass is 224 g/mol. The number of hydrogen-bond donors (Lipinski definition) is 1. The third-order valence-electron chi connectivity index (χ3n) is 2.14. The summed E-state index contributed by atoms with van der Waals surface area (Å²) in [5.74, 6) is -1.44. The molecule has 0 aliphatic rings. The van der Waals surface area contributed by atoms with Crippen molar-refractivity contribution in [2.24, 2.45) is 5.73 Å². The van der Waals surface area contributed by atoms with Crippen LogP contribution in [0.5, 0.6) is 0 Å². The molecule has 1 rings (SSSR count). The topological polar surface area (TPSA) is 63.4 Å². The summed E-state index contributed by atoms with van der Waals surface area (Å²) < 4.78 is 13.1. The van der Waals surface area contributed by atoms with Crippen molar-refractivity contribution in [2.45, 2.75) is 20.4 Å². The van der Waals surface area contributed by atoms with E-state index in [4.69, 9.17) is 5.73 Å². The maximum absolute atomic E-state index is 13.1. The van der Waals surface area contributed by atoms with Gasteiger partial charge in [-0.2, -0.15) is 0 Å². The number of nitrogens with two attached hydrogens (primary N) is 1. The maximum atomic E-state index is 13.1. The van der Waals surface area contributed by atoms with E-state index in [1.54, 1.807) is 0 Å². The van der Waals surface area contributed by atoms with Crippen LogP contribution in [0.2, 0.25) is 0 Å². The van der Waals surface area contributed by atoms with Crippen LogP contribution in [0, 0.1) is 5.82 Å². The molecule has 2 amide bonds. The minimum Gasteiger partial charge on any atom is -0.326 e. The first-order chi connectivity index (χ1) is 7.47. The van der Waals surface area contributed by atoms with E-state index in [1.165, 1.54) is 26.0 Å². The molecule has 0 atom stereocenters. The molecule has 2 N–H and O–H groups in total. The van der Waals surface area contributed by atoms with Gasteiger partial charge in [0.1, 0.15) is 5.82 Å². The summed E-state index contributed by atoms with van der Waals surface area (Å²) in [5.41, 5.74) is 6.23. The van der Waals surface area contributed by atoms with Crippen molar-refractivity contribution in [3.05, 3.63) is 29.6 Å². The minimum atomic E-state index is -0.514. The van der Waals surface area contributed by atoms with Gasteiger partial charge in [0.05, 0.1) is 5.69 Å². The Hall–Kier alpha value is -1.75.